The summed E-state index contributed by atoms with van der Waals surface area (Å²) in [5.74, 6) is 0. The third-order valence-electron chi connectivity index (χ3n) is 4.61. The second-order valence-corrected chi connectivity index (χ2v) is 6.75. The van der Waals surface area contributed by atoms with Crippen molar-refractivity contribution in [3.63, 3.8) is 0 Å². The highest BCUT2D eigenvalue weighted by molar-refractivity contribution is 5.22. The number of rotatable bonds is 6. The lowest BCUT2D eigenvalue weighted by Gasteiger charge is -2.40. The Bertz CT molecular complexity index is 402. The van der Waals surface area contributed by atoms with Gasteiger partial charge in [-0.2, -0.15) is 0 Å². The molecule has 1 N–H and O–H groups in total. The normalized spacial score (nSPS) is 18.4. The van der Waals surface area contributed by atoms with E-state index in [0.29, 0.717) is 5.41 Å². The topological polar surface area (TPSA) is 15.3 Å². The highest BCUT2D eigenvalue weighted by atomic mass is 15.1. The lowest BCUT2D eigenvalue weighted by atomic mass is 9.73. The van der Waals surface area contributed by atoms with E-state index in [2.05, 4.69) is 55.5 Å². The Labute approximate surface area is 124 Å². The Kier molecular flexibility index (Phi) is 5.62. The van der Waals surface area contributed by atoms with Gasteiger partial charge in [0.25, 0.3) is 0 Å². The number of aryl methyl sites for hydroxylation is 1. The first-order valence-electron chi connectivity index (χ1n) is 8.02. The van der Waals surface area contributed by atoms with Gasteiger partial charge in [-0.1, -0.05) is 49.1 Å². The van der Waals surface area contributed by atoms with Gasteiger partial charge in [-0.05, 0) is 44.8 Å². The molecule has 20 heavy (non-hydrogen) atoms. The molecule has 2 heteroatoms. The Hall–Kier alpha value is -0.860. The predicted octanol–water partition coefficient (Wildman–Crippen LogP) is 3.60. The van der Waals surface area contributed by atoms with Gasteiger partial charge >= 0.3 is 0 Å². The zero-order valence-corrected chi connectivity index (χ0v) is 13.4. The van der Waals surface area contributed by atoms with Crippen LogP contribution < -0.4 is 5.32 Å². The molecule has 0 saturated heterocycles. The van der Waals surface area contributed by atoms with Crippen LogP contribution in [-0.4, -0.2) is 32.1 Å². The lowest BCUT2D eigenvalue weighted by molar-refractivity contribution is 0.116. The second-order valence-electron chi connectivity index (χ2n) is 6.75. The summed E-state index contributed by atoms with van der Waals surface area (Å²) in [5, 5.41) is 3.43. The molecule has 1 saturated carbocycles. The fourth-order valence-corrected chi connectivity index (χ4v) is 3.82. The predicted molar refractivity (Wildman–Crippen MR) is 87.0 cm³/mol. The summed E-state index contributed by atoms with van der Waals surface area (Å²) in [6.07, 6.45) is 6.99. The molecule has 1 aromatic carbocycles. The van der Waals surface area contributed by atoms with Gasteiger partial charge in [-0.15, -0.1) is 0 Å². The van der Waals surface area contributed by atoms with Crippen molar-refractivity contribution in [3.05, 3.63) is 35.4 Å². The van der Waals surface area contributed by atoms with E-state index in [1.807, 2.05) is 0 Å². The van der Waals surface area contributed by atoms with Crippen molar-refractivity contribution in [2.75, 3.05) is 27.2 Å². The molecule has 112 valence electrons. The van der Waals surface area contributed by atoms with Gasteiger partial charge < -0.3 is 10.2 Å². The number of hydrogen-bond donors (Lipinski definition) is 1. The van der Waals surface area contributed by atoms with E-state index < -0.39 is 0 Å². The Morgan fingerprint density at radius 3 is 2.60 bits per heavy atom. The molecule has 0 bridgehead atoms. The van der Waals surface area contributed by atoms with E-state index in [1.165, 1.54) is 49.8 Å². The molecule has 1 fully saturated rings. The molecule has 0 aromatic heterocycles. The molecule has 0 unspecified atom stereocenters. The Balaban J connectivity index is 1.95. The van der Waals surface area contributed by atoms with Crippen molar-refractivity contribution in [1.82, 2.24) is 10.2 Å². The standard InChI is InChI=1S/C18H30N2/c1-16-8-7-9-17(12-16)13-20(3)15-18(14-19-2)10-5-4-6-11-18/h7-9,12,19H,4-6,10-11,13-15H2,1-3H3. The van der Waals surface area contributed by atoms with Crippen LogP contribution in [0.1, 0.15) is 43.2 Å². The average molecular weight is 274 g/mol. The van der Waals surface area contributed by atoms with Crippen molar-refractivity contribution in [3.8, 4) is 0 Å². The van der Waals surface area contributed by atoms with E-state index in [4.69, 9.17) is 0 Å². The molecule has 0 aliphatic heterocycles. The van der Waals surface area contributed by atoms with Crippen LogP contribution in [0.15, 0.2) is 24.3 Å². The molecule has 1 aliphatic rings. The van der Waals surface area contributed by atoms with Crippen LogP contribution in [0.25, 0.3) is 0 Å². The van der Waals surface area contributed by atoms with Crippen molar-refractivity contribution in [1.29, 1.82) is 0 Å². The number of hydrogen-bond acceptors (Lipinski definition) is 2. The molecular formula is C18H30N2. The van der Waals surface area contributed by atoms with Crippen molar-refractivity contribution < 1.29 is 0 Å². The van der Waals surface area contributed by atoms with Crippen molar-refractivity contribution in [2.45, 2.75) is 45.6 Å². The summed E-state index contributed by atoms with van der Waals surface area (Å²) in [6, 6.07) is 8.90. The van der Waals surface area contributed by atoms with E-state index in [1.54, 1.807) is 0 Å². The van der Waals surface area contributed by atoms with Gasteiger partial charge in [0.2, 0.25) is 0 Å². The van der Waals surface area contributed by atoms with E-state index in [0.717, 1.165) is 13.1 Å². The van der Waals surface area contributed by atoms with Crippen LogP contribution >= 0.6 is 0 Å². The summed E-state index contributed by atoms with van der Waals surface area (Å²) < 4.78 is 0. The molecule has 1 aromatic rings. The third-order valence-corrected chi connectivity index (χ3v) is 4.61. The lowest BCUT2D eigenvalue weighted by Crippen LogP contribution is -2.43. The SMILES string of the molecule is CNCC1(CN(C)Cc2cccc(C)c2)CCCCC1. The van der Waals surface area contributed by atoms with E-state index >= 15 is 0 Å². The molecule has 2 rings (SSSR count). The molecule has 0 amide bonds. The highest BCUT2D eigenvalue weighted by Gasteiger charge is 2.32. The van der Waals surface area contributed by atoms with Crippen LogP contribution in [0.2, 0.25) is 0 Å². The quantitative estimate of drug-likeness (QED) is 0.852. The zero-order valence-electron chi connectivity index (χ0n) is 13.4. The van der Waals surface area contributed by atoms with Crippen LogP contribution in [0.4, 0.5) is 0 Å². The van der Waals surface area contributed by atoms with Crippen LogP contribution in [-0.2, 0) is 6.54 Å². The van der Waals surface area contributed by atoms with E-state index in [9.17, 15) is 0 Å². The second kappa shape index (κ2) is 7.24. The summed E-state index contributed by atoms with van der Waals surface area (Å²) in [5.41, 5.74) is 3.28. The molecule has 0 atom stereocenters. The summed E-state index contributed by atoms with van der Waals surface area (Å²) in [6.45, 7) is 5.60. The smallest absolute Gasteiger partial charge is 0.0231 e. The Morgan fingerprint density at radius 1 is 1.20 bits per heavy atom. The first kappa shape index (κ1) is 15.5. The maximum Gasteiger partial charge on any atom is 0.0231 e. The number of nitrogens with one attached hydrogen (secondary N) is 1. The largest absolute Gasteiger partial charge is 0.319 e. The van der Waals surface area contributed by atoms with Gasteiger partial charge in [-0.25, -0.2) is 0 Å². The minimum Gasteiger partial charge on any atom is -0.319 e. The first-order chi connectivity index (χ1) is 9.63. The minimum absolute atomic E-state index is 0.492. The zero-order chi connectivity index (χ0) is 14.4. The highest BCUT2D eigenvalue weighted by Crippen LogP contribution is 2.36. The average Bonchev–Trinajstić information content (AvgIpc) is 2.39. The third kappa shape index (κ3) is 4.32. The van der Waals surface area contributed by atoms with Crippen LogP contribution in [0, 0.1) is 12.3 Å². The molecule has 0 heterocycles. The molecule has 1 aliphatic carbocycles. The maximum atomic E-state index is 3.43. The van der Waals surface area contributed by atoms with Gasteiger partial charge in [0, 0.05) is 19.6 Å². The summed E-state index contributed by atoms with van der Waals surface area (Å²) in [7, 11) is 4.37. The summed E-state index contributed by atoms with van der Waals surface area (Å²) in [4.78, 5) is 2.51. The van der Waals surface area contributed by atoms with Crippen molar-refractivity contribution >= 4 is 0 Å². The first-order valence-corrected chi connectivity index (χ1v) is 8.02. The monoisotopic (exact) mass is 274 g/mol. The fraction of sp³-hybridized carbons (Fsp3) is 0.667. The Morgan fingerprint density at radius 2 is 1.95 bits per heavy atom. The fourth-order valence-electron chi connectivity index (χ4n) is 3.82. The maximum absolute atomic E-state index is 3.43. The number of nitrogens with zero attached hydrogens (tertiary/aromatic N) is 1. The van der Waals surface area contributed by atoms with Gasteiger partial charge in [0.1, 0.15) is 0 Å². The minimum atomic E-state index is 0.492. The molecule has 2 nitrogen and oxygen atoms in total. The van der Waals surface area contributed by atoms with Gasteiger partial charge in [0.15, 0.2) is 0 Å². The van der Waals surface area contributed by atoms with Crippen molar-refractivity contribution in [2.24, 2.45) is 5.41 Å². The van der Waals surface area contributed by atoms with Crippen LogP contribution in [0.5, 0.6) is 0 Å². The molecular weight excluding hydrogens is 244 g/mol. The van der Waals surface area contributed by atoms with Gasteiger partial charge in [-0.3, -0.25) is 0 Å². The molecule has 0 spiro atoms. The summed E-state index contributed by atoms with van der Waals surface area (Å²) >= 11 is 0. The van der Waals surface area contributed by atoms with E-state index in [-0.39, 0.29) is 0 Å². The molecule has 0 radical (unpaired) electrons. The van der Waals surface area contributed by atoms with Crippen LogP contribution in [0.3, 0.4) is 0 Å². The van der Waals surface area contributed by atoms with Gasteiger partial charge in [0.05, 0.1) is 0 Å². The number of benzene rings is 1.